The molecule has 24 heavy (non-hydrogen) atoms. The van der Waals surface area contributed by atoms with Crippen molar-refractivity contribution in [2.24, 2.45) is 0 Å². The van der Waals surface area contributed by atoms with Crippen LogP contribution in [-0.2, 0) is 11.2 Å². The Morgan fingerprint density at radius 3 is 2.62 bits per heavy atom. The Morgan fingerprint density at radius 1 is 1.12 bits per heavy atom. The lowest BCUT2D eigenvalue weighted by Gasteiger charge is -2.35. The minimum absolute atomic E-state index is 0.132. The number of carbonyl (C=O) groups excluding carboxylic acids is 1. The van der Waals surface area contributed by atoms with E-state index in [0.29, 0.717) is 20.8 Å². The van der Waals surface area contributed by atoms with E-state index in [1.807, 2.05) is 19.1 Å². The van der Waals surface area contributed by atoms with E-state index in [4.69, 9.17) is 34.8 Å². The molecule has 1 aliphatic rings. The lowest BCUT2D eigenvalue weighted by Crippen LogP contribution is -2.44. The van der Waals surface area contributed by atoms with Crippen LogP contribution in [0, 0.1) is 0 Å². The minimum Gasteiger partial charge on any atom is -0.360 e. The zero-order valence-corrected chi connectivity index (χ0v) is 15.4. The van der Waals surface area contributed by atoms with Crippen molar-refractivity contribution in [1.82, 2.24) is 0 Å². The summed E-state index contributed by atoms with van der Waals surface area (Å²) in [6.07, 6.45) is 2.07. The molecule has 3 rings (SSSR count). The van der Waals surface area contributed by atoms with Crippen molar-refractivity contribution >= 4 is 52.1 Å². The molecule has 2 aromatic carbocycles. The van der Waals surface area contributed by atoms with Gasteiger partial charge in [0.15, 0.2) is 0 Å². The summed E-state index contributed by atoms with van der Waals surface area (Å²) >= 11 is 18.1. The Balaban J connectivity index is 1.80. The van der Waals surface area contributed by atoms with Crippen molar-refractivity contribution in [3.05, 3.63) is 57.0 Å². The van der Waals surface area contributed by atoms with Gasteiger partial charge in [0.25, 0.3) is 0 Å². The van der Waals surface area contributed by atoms with Crippen molar-refractivity contribution in [3.63, 3.8) is 0 Å². The predicted octanol–water partition coefficient (Wildman–Crippen LogP) is 5.43. The molecule has 0 spiro atoms. The van der Waals surface area contributed by atoms with Gasteiger partial charge in [-0.15, -0.1) is 0 Å². The van der Waals surface area contributed by atoms with Gasteiger partial charge in [-0.05, 0) is 43.5 Å². The van der Waals surface area contributed by atoms with Gasteiger partial charge in [0.1, 0.15) is 6.04 Å². The average molecular weight is 384 g/mol. The van der Waals surface area contributed by atoms with Gasteiger partial charge >= 0.3 is 0 Å². The summed E-state index contributed by atoms with van der Waals surface area (Å²) in [5.41, 5.74) is 2.86. The molecular weight excluding hydrogens is 367 g/mol. The van der Waals surface area contributed by atoms with Crippen LogP contribution >= 0.6 is 34.8 Å². The molecule has 0 aromatic heterocycles. The molecule has 0 radical (unpaired) electrons. The van der Waals surface area contributed by atoms with Crippen LogP contribution in [0.2, 0.25) is 15.1 Å². The lowest BCUT2D eigenvalue weighted by molar-refractivity contribution is -0.117. The smallest absolute Gasteiger partial charge is 0.246 e. The molecule has 126 valence electrons. The zero-order valence-electron chi connectivity index (χ0n) is 13.2. The van der Waals surface area contributed by atoms with E-state index in [9.17, 15) is 4.79 Å². The van der Waals surface area contributed by atoms with Crippen LogP contribution < -0.4 is 10.2 Å². The summed E-state index contributed by atoms with van der Waals surface area (Å²) in [7, 11) is 0. The van der Waals surface area contributed by atoms with Gasteiger partial charge < -0.3 is 10.2 Å². The molecular formula is C18H17Cl3N2O. The van der Waals surface area contributed by atoms with Crippen LogP contribution in [0.4, 0.5) is 11.4 Å². The third kappa shape index (κ3) is 3.49. The first-order valence-electron chi connectivity index (χ1n) is 7.77. The number of amides is 1. The highest BCUT2D eigenvalue weighted by Crippen LogP contribution is 2.33. The molecule has 0 saturated carbocycles. The number of benzene rings is 2. The van der Waals surface area contributed by atoms with Gasteiger partial charge in [-0.25, -0.2) is 0 Å². The van der Waals surface area contributed by atoms with E-state index in [0.717, 1.165) is 25.1 Å². The van der Waals surface area contributed by atoms with E-state index in [2.05, 4.69) is 22.3 Å². The summed E-state index contributed by atoms with van der Waals surface area (Å²) in [6, 6.07) is 11.0. The lowest BCUT2D eigenvalue weighted by atomic mass is 10.00. The molecule has 1 heterocycles. The summed E-state index contributed by atoms with van der Waals surface area (Å²) in [5.74, 6) is -0.132. The Hall–Kier alpha value is -1.42. The number of anilines is 2. The highest BCUT2D eigenvalue weighted by molar-refractivity contribution is 6.44. The molecule has 1 amide bonds. The van der Waals surface area contributed by atoms with E-state index < -0.39 is 0 Å². The maximum absolute atomic E-state index is 12.7. The normalized spacial score (nSPS) is 14.9. The van der Waals surface area contributed by atoms with E-state index >= 15 is 0 Å². The first-order chi connectivity index (χ1) is 11.5. The van der Waals surface area contributed by atoms with Crippen LogP contribution in [0.1, 0.15) is 18.9 Å². The maximum Gasteiger partial charge on any atom is 0.246 e. The standard InChI is InChI=1S/C18H17Cl3N2O/c1-11(23-8-4-6-12-5-2-3-7-17(12)23)18(24)22-16-10-14(20)13(19)9-15(16)21/h2-3,5,7,9-11H,4,6,8H2,1H3,(H,22,24)/t11-/m1/s1. The van der Waals surface area contributed by atoms with Crippen molar-refractivity contribution in [2.45, 2.75) is 25.8 Å². The fourth-order valence-electron chi connectivity index (χ4n) is 2.96. The van der Waals surface area contributed by atoms with Crippen molar-refractivity contribution in [2.75, 3.05) is 16.8 Å². The summed E-state index contributed by atoms with van der Waals surface area (Å²) in [6.45, 7) is 2.74. The van der Waals surface area contributed by atoms with E-state index in [1.165, 1.54) is 11.6 Å². The van der Waals surface area contributed by atoms with Crippen molar-refractivity contribution in [3.8, 4) is 0 Å². The largest absolute Gasteiger partial charge is 0.360 e. The van der Waals surface area contributed by atoms with E-state index in [1.54, 1.807) is 6.07 Å². The molecule has 0 unspecified atom stereocenters. The topological polar surface area (TPSA) is 32.3 Å². The second-order valence-electron chi connectivity index (χ2n) is 5.84. The zero-order chi connectivity index (χ0) is 17.3. The Kier molecular flexibility index (Phi) is 5.24. The highest BCUT2D eigenvalue weighted by Gasteiger charge is 2.26. The van der Waals surface area contributed by atoms with Gasteiger partial charge in [0.2, 0.25) is 5.91 Å². The maximum atomic E-state index is 12.7. The summed E-state index contributed by atoms with van der Waals surface area (Å²) < 4.78 is 0. The number of nitrogens with one attached hydrogen (secondary N) is 1. The molecule has 1 aliphatic heterocycles. The van der Waals surface area contributed by atoms with Crippen LogP contribution in [0.3, 0.4) is 0 Å². The number of fused-ring (bicyclic) bond motifs is 1. The summed E-state index contributed by atoms with van der Waals surface area (Å²) in [5, 5.41) is 3.93. The molecule has 1 N–H and O–H groups in total. The van der Waals surface area contributed by atoms with Gasteiger partial charge in [-0.2, -0.15) is 0 Å². The monoisotopic (exact) mass is 382 g/mol. The first-order valence-corrected chi connectivity index (χ1v) is 8.90. The molecule has 3 nitrogen and oxygen atoms in total. The molecule has 0 bridgehead atoms. The third-order valence-corrected chi connectivity index (χ3v) is 5.30. The molecule has 0 aliphatic carbocycles. The fourth-order valence-corrected chi connectivity index (χ4v) is 3.56. The molecule has 6 heteroatoms. The van der Waals surface area contributed by atoms with Gasteiger partial charge in [-0.1, -0.05) is 53.0 Å². The van der Waals surface area contributed by atoms with E-state index in [-0.39, 0.29) is 11.9 Å². The Bertz CT molecular complexity index is 779. The number of para-hydroxylation sites is 1. The molecule has 0 fully saturated rings. The average Bonchev–Trinajstić information content (AvgIpc) is 2.58. The van der Waals surface area contributed by atoms with Crippen LogP contribution in [-0.4, -0.2) is 18.5 Å². The second-order valence-corrected chi connectivity index (χ2v) is 7.06. The predicted molar refractivity (Wildman–Crippen MR) is 102 cm³/mol. The quantitative estimate of drug-likeness (QED) is 0.717. The van der Waals surface area contributed by atoms with Crippen LogP contribution in [0.25, 0.3) is 0 Å². The molecule has 0 saturated heterocycles. The fraction of sp³-hybridized carbons (Fsp3) is 0.278. The summed E-state index contributed by atoms with van der Waals surface area (Å²) in [4.78, 5) is 14.8. The number of rotatable bonds is 3. The second kappa shape index (κ2) is 7.22. The highest BCUT2D eigenvalue weighted by atomic mass is 35.5. The molecule has 2 aromatic rings. The number of halogens is 3. The first kappa shape index (κ1) is 17.4. The van der Waals surface area contributed by atoms with Gasteiger partial charge in [0.05, 0.1) is 20.8 Å². The van der Waals surface area contributed by atoms with Crippen molar-refractivity contribution < 1.29 is 4.79 Å². The van der Waals surface area contributed by atoms with Crippen LogP contribution in [0.5, 0.6) is 0 Å². The van der Waals surface area contributed by atoms with Crippen molar-refractivity contribution in [1.29, 1.82) is 0 Å². The van der Waals surface area contributed by atoms with Crippen LogP contribution in [0.15, 0.2) is 36.4 Å². The van der Waals surface area contributed by atoms with Gasteiger partial charge in [0, 0.05) is 12.2 Å². The minimum atomic E-state index is -0.322. The SMILES string of the molecule is C[C@H](C(=O)Nc1cc(Cl)c(Cl)cc1Cl)N1CCCc2ccccc21. The number of hydrogen-bond donors (Lipinski definition) is 1. The number of carbonyl (C=O) groups is 1. The molecule has 1 atom stereocenters. The van der Waals surface area contributed by atoms with Gasteiger partial charge in [-0.3, -0.25) is 4.79 Å². The Labute approximate surface area is 156 Å². The third-order valence-electron chi connectivity index (χ3n) is 4.26. The number of nitrogens with zero attached hydrogens (tertiary/aromatic N) is 1. The number of aryl methyl sites for hydroxylation is 1. The number of hydrogen-bond acceptors (Lipinski definition) is 2. The Morgan fingerprint density at radius 2 is 1.83 bits per heavy atom.